The Labute approximate surface area is 91.1 Å². The zero-order chi connectivity index (χ0) is 11.7. The topological polar surface area (TPSA) is 64.6 Å². The Morgan fingerprint density at radius 1 is 1.27 bits per heavy atom. The third kappa shape index (κ3) is 7.54. The van der Waals surface area contributed by atoms with Gasteiger partial charge in [0.1, 0.15) is 0 Å². The molecule has 5 nitrogen and oxygen atoms in total. The van der Waals surface area contributed by atoms with E-state index in [2.05, 4.69) is 5.32 Å². The van der Waals surface area contributed by atoms with Crippen LogP contribution in [0.4, 0.5) is 0 Å². The van der Waals surface area contributed by atoms with Crippen molar-refractivity contribution >= 4 is 13.5 Å². The van der Waals surface area contributed by atoms with E-state index in [4.69, 9.17) is 9.05 Å². The molecule has 0 bridgehead atoms. The molecule has 0 unspecified atom stereocenters. The molecule has 0 fully saturated rings. The van der Waals surface area contributed by atoms with Crippen LogP contribution in [0.5, 0.6) is 0 Å². The van der Waals surface area contributed by atoms with E-state index in [0.29, 0.717) is 32.3 Å². The van der Waals surface area contributed by atoms with Gasteiger partial charge in [-0.25, -0.2) is 0 Å². The largest absolute Gasteiger partial charge is 0.356 e. The predicted octanol–water partition coefficient (Wildman–Crippen LogP) is 1.78. The minimum absolute atomic E-state index is 0.0855. The highest BCUT2D eigenvalue weighted by atomic mass is 31.2. The first-order valence-corrected chi connectivity index (χ1v) is 6.89. The number of carbonyl (C=O) groups excluding carboxylic acids is 1. The Bertz CT molecular complexity index is 222. The van der Waals surface area contributed by atoms with Gasteiger partial charge in [0.2, 0.25) is 5.91 Å². The molecule has 6 heteroatoms. The number of hydrogen-bond acceptors (Lipinski definition) is 4. The van der Waals surface area contributed by atoms with E-state index in [-0.39, 0.29) is 5.91 Å². The first kappa shape index (κ1) is 14.6. The van der Waals surface area contributed by atoms with Crippen molar-refractivity contribution in [1.29, 1.82) is 0 Å². The lowest BCUT2D eigenvalue weighted by molar-refractivity contribution is -0.118. The minimum Gasteiger partial charge on any atom is -0.356 e. The summed E-state index contributed by atoms with van der Waals surface area (Å²) in [6.45, 7) is 6.25. The van der Waals surface area contributed by atoms with Crippen molar-refractivity contribution in [3.8, 4) is 0 Å². The van der Waals surface area contributed by atoms with Crippen LogP contribution in [0.3, 0.4) is 0 Å². The van der Waals surface area contributed by atoms with Crippen LogP contribution in [0.25, 0.3) is 0 Å². The molecule has 0 aromatic carbocycles. The molecule has 1 N–H and O–H groups in total. The highest BCUT2D eigenvalue weighted by Gasteiger charge is 2.22. The normalized spacial score (nSPS) is 11.4. The second-order valence-corrected chi connectivity index (χ2v) is 5.19. The fourth-order valence-corrected chi connectivity index (χ4v) is 2.76. The number of carbonyl (C=O) groups is 1. The highest BCUT2D eigenvalue weighted by Crippen LogP contribution is 2.48. The zero-order valence-electron chi connectivity index (χ0n) is 9.62. The van der Waals surface area contributed by atoms with Gasteiger partial charge >= 0.3 is 7.60 Å². The molecule has 0 atom stereocenters. The third-order valence-electron chi connectivity index (χ3n) is 1.63. The van der Waals surface area contributed by atoms with Gasteiger partial charge in [-0.15, -0.1) is 0 Å². The Kier molecular flexibility index (Phi) is 7.65. The van der Waals surface area contributed by atoms with E-state index in [1.807, 2.05) is 0 Å². The lowest BCUT2D eigenvalue weighted by Crippen LogP contribution is -2.21. The molecular formula is C9H20NO4P. The Morgan fingerprint density at radius 2 is 1.80 bits per heavy atom. The molecule has 15 heavy (non-hydrogen) atoms. The first-order chi connectivity index (χ1) is 7.04. The summed E-state index contributed by atoms with van der Waals surface area (Å²) >= 11 is 0. The maximum atomic E-state index is 11.9. The van der Waals surface area contributed by atoms with Crippen LogP contribution in [-0.4, -0.2) is 31.8 Å². The van der Waals surface area contributed by atoms with Crippen molar-refractivity contribution in [1.82, 2.24) is 5.32 Å². The van der Waals surface area contributed by atoms with Crippen molar-refractivity contribution in [3.63, 3.8) is 0 Å². The molecule has 0 aliphatic carbocycles. The van der Waals surface area contributed by atoms with E-state index in [1.54, 1.807) is 13.8 Å². The Hall–Kier alpha value is -0.380. The summed E-state index contributed by atoms with van der Waals surface area (Å²) in [5.41, 5.74) is 0. The summed E-state index contributed by atoms with van der Waals surface area (Å²) in [6.07, 6.45) is 0.936. The van der Waals surface area contributed by atoms with Gasteiger partial charge < -0.3 is 14.4 Å². The molecule has 0 aliphatic heterocycles. The van der Waals surface area contributed by atoms with Crippen molar-refractivity contribution in [2.24, 2.45) is 0 Å². The van der Waals surface area contributed by atoms with E-state index < -0.39 is 7.60 Å². The molecule has 0 saturated carbocycles. The van der Waals surface area contributed by atoms with Crippen LogP contribution < -0.4 is 5.32 Å². The summed E-state index contributed by atoms with van der Waals surface area (Å²) in [4.78, 5) is 10.6. The van der Waals surface area contributed by atoms with Gasteiger partial charge in [0, 0.05) is 13.5 Å². The minimum atomic E-state index is -2.93. The quantitative estimate of drug-likeness (QED) is 0.516. The Balaban J connectivity index is 3.85. The maximum absolute atomic E-state index is 11.9. The van der Waals surface area contributed by atoms with E-state index >= 15 is 0 Å². The average Bonchev–Trinajstić information content (AvgIpc) is 2.13. The average molecular weight is 237 g/mol. The fraction of sp³-hybridized carbons (Fsp3) is 0.889. The van der Waals surface area contributed by atoms with Gasteiger partial charge in [0.25, 0.3) is 0 Å². The predicted molar refractivity (Wildman–Crippen MR) is 59.0 cm³/mol. The van der Waals surface area contributed by atoms with Crippen LogP contribution in [0, 0.1) is 0 Å². The van der Waals surface area contributed by atoms with Gasteiger partial charge in [-0.05, 0) is 20.3 Å². The van der Waals surface area contributed by atoms with E-state index in [9.17, 15) is 9.36 Å². The highest BCUT2D eigenvalue weighted by molar-refractivity contribution is 7.53. The van der Waals surface area contributed by atoms with E-state index in [1.165, 1.54) is 6.92 Å². The summed E-state index contributed by atoms with van der Waals surface area (Å²) in [7, 11) is -2.93. The monoisotopic (exact) mass is 237 g/mol. The smallest absolute Gasteiger partial charge is 0.330 e. The van der Waals surface area contributed by atoms with Gasteiger partial charge in [0.15, 0.2) is 0 Å². The van der Waals surface area contributed by atoms with Crippen LogP contribution >= 0.6 is 7.60 Å². The van der Waals surface area contributed by atoms with Gasteiger partial charge in [-0.1, -0.05) is 0 Å². The molecule has 0 radical (unpaired) electrons. The Morgan fingerprint density at radius 3 is 2.20 bits per heavy atom. The molecule has 0 saturated heterocycles. The van der Waals surface area contributed by atoms with Gasteiger partial charge in [0.05, 0.1) is 19.4 Å². The molecule has 0 rings (SSSR count). The lowest BCUT2D eigenvalue weighted by Gasteiger charge is -2.16. The summed E-state index contributed by atoms with van der Waals surface area (Å²) < 4.78 is 22.1. The zero-order valence-corrected chi connectivity index (χ0v) is 10.5. The molecule has 0 aromatic rings. The molecule has 0 aromatic heterocycles. The SMILES string of the molecule is CCOP(=O)(CCCNC(C)=O)OCC. The summed E-state index contributed by atoms with van der Waals surface area (Å²) in [6, 6.07) is 0. The number of nitrogens with one attached hydrogen (secondary N) is 1. The van der Waals surface area contributed by atoms with Gasteiger partial charge in [-0.3, -0.25) is 9.36 Å². The molecule has 1 amide bonds. The van der Waals surface area contributed by atoms with Crippen LogP contribution in [0.1, 0.15) is 27.2 Å². The standard InChI is InChI=1S/C9H20NO4P/c1-4-13-15(12,14-5-2)8-6-7-10-9(3)11/h4-8H2,1-3H3,(H,10,11). The fourth-order valence-electron chi connectivity index (χ4n) is 1.10. The van der Waals surface area contributed by atoms with Crippen molar-refractivity contribution in [2.75, 3.05) is 25.9 Å². The first-order valence-electron chi connectivity index (χ1n) is 5.16. The van der Waals surface area contributed by atoms with Crippen molar-refractivity contribution < 1.29 is 18.4 Å². The second-order valence-electron chi connectivity index (χ2n) is 3.01. The number of hydrogen-bond donors (Lipinski definition) is 1. The molecule has 0 aliphatic rings. The lowest BCUT2D eigenvalue weighted by atomic mass is 10.5. The third-order valence-corrected chi connectivity index (χ3v) is 3.80. The van der Waals surface area contributed by atoms with Crippen LogP contribution in [-0.2, 0) is 18.4 Å². The molecule has 0 spiro atoms. The maximum Gasteiger partial charge on any atom is 0.330 e. The number of amides is 1. The molecular weight excluding hydrogens is 217 g/mol. The number of rotatable bonds is 8. The van der Waals surface area contributed by atoms with E-state index in [0.717, 1.165) is 0 Å². The van der Waals surface area contributed by atoms with Crippen LogP contribution in [0.2, 0.25) is 0 Å². The van der Waals surface area contributed by atoms with Crippen molar-refractivity contribution in [3.05, 3.63) is 0 Å². The molecule has 0 heterocycles. The second kappa shape index (κ2) is 7.85. The summed E-state index contributed by atoms with van der Waals surface area (Å²) in [5.74, 6) is -0.0855. The van der Waals surface area contributed by atoms with Crippen LogP contribution in [0.15, 0.2) is 0 Å². The van der Waals surface area contributed by atoms with Gasteiger partial charge in [-0.2, -0.15) is 0 Å². The molecule has 90 valence electrons. The summed E-state index contributed by atoms with van der Waals surface area (Å²) in [5, 5.41) is 2.63. The van der Waals surface area contributed by atoms with Crippen molar-refractivity contribution in [2.45, 2.75) is 27.2 Å².